The third-order valence-electron chi connectivity index (χ3n) is 4.21. The fourth-order valence-electron chi connectivity index (χ4n) is 2.87. The second kappa shape index (κ2) is 9.35. The molecule has 0 aromatic heterocycles. The van der Waals surface area contributed by atoms with Crippen LogP contribution in [0.3, 0.4) is 0 Å². The van der Waals surface area contributed by atoms with E-state index in [1.165, 1.54) is 12.1 Å². The van der Waals surface area contributed by atoms with Crippen molar-refractivity contribution in [1.82, 2.24) is 0 Å². The van der Waals surface area contributed by atoms with Crippen LogP contribution in [0.2, 0.25) is 0 Å². The van der Waals surface area contributed by atoms with Gasteiger partial charge in [-0.15, -0.1) is 0 Å². The van der Waals surface area contributed by atoms with Gasteiger partial charge in [0.25, 0.3) is 10.1 Å². The van der Waals surface area contributed by atoms with Crippen LogP contribution >= 0.6 is 0 Å². The van der Waals surface area contributed by atoms with Crippen LogP contribution in [0.4, 0.5) is 0 Å². The molecule has 4 atom stereocenters. The molecule has 0 unspecified atom stereocenters. The normalized spacial score (nSPS) is 23.7. The molecule has 0 spiro atoms. The first-order valence-corrected chi connectivity index (χ1v) is 10.8. The number of benzene rings is 2. The molecule has 1 aliphatic heterocycles. The van der Waals surface area contributed by atoms with E-state index in [0.717, 1.165) is 6.26 Å². The predicted molar refractivity (Wildman–Crippen MR) is 103 cm³/mol. The van der Waals surface area contributed by atoms with Gasteiger partial charge in [-0.1, -0.05) is 36.4 Å². The maximum atomic E-state index is 12.5. The molecule has 10 heteroatoms. The van der Waals surface area contributed by atoms with Crippen molar-refractivity contribution >= 4 is 22.1 Å². The third kappa shape index (κ3) is 5.63. The number of aliphatic hydroxyl groups excluding tert-OH is 1. The monoisotopic (exact) mass is 436 g/mol. The lowest BCUT2D eigenvalue weighted by molar-refractivity contribution is -0.128. The van der Waals surface area contributed by atoms with E-state index in [0.29, 0.717) is 0 Å². The topological polar surface area (TPSA) is 125 Å². The lowest BCUT2D eigenvalue weighted by Crippen LogP contribution is -2.41. The Morgan fingerprint density at radius 3 is 2.00 bits per heavy atom. The molecule has 30 heavy (non-hydrogen) atoms. The average molecular weight is 436 g/mol. The number of aliphatic hydroxyl groups is 1. The number of ether oxygens (including phenoxy) is 3. The van der Waals surface area contributed by atoms with E-state index >= 15 is 0 Å². The van der Waals surface area contributed by atoms with Crippen molar-refractivity contribution in [3.63, 3.8) is 0 Å². The van der Waals surface area contributed by atoms with Crippen molar-refractivity contribution in [3.8, 4) is 0 Å². The summed E-state index contributed by atoms with van der Waals surface area (Å²) in [4.78, 5) is 24.6. The molecule has 0 saturated carbocycles. The van der Waals surface area contributed by atoms with Gasteiger partial charge in [0.1, 0.15) is 12.7 Å². The summed E-state index contributed by atoms with van der Waals surface area (Å²) in [6.07, 6.45) is -4.93. The van der Waals surface area contributed by atoms with Gasteiger partial charge in [0.05, 0.1) is 17.4 Å². The first-order valence-electron chi connectivity index (χ1n) is 8.94. The Kier molecular flexibility index (Phi) is 6.83. The van der Waals surface area contributed by atoms with Crippen molar-refractivity contribution in [3.05, 3.63) is 71.8 Å². The van der Waals surface area contributed by atoms with Crippen molar-refractivity contribution in [2.45, 2.75) is 24.6 Å². The predicted octanol–water partition coefficient (Wildman–Crippen LogP) is 1.13. The van der Waals surface area contributed by atoms with Gasteiger partial charge < -0.3 is 19.3 Å². The minimum Gasteiger partial charge on any atom is -0.459 e. The van der Waals surface area contributed by atoms with Crippen LogP contribution in [0.25, 0.3) is 0 Å². The fraction of sp³-hybridized carbons (Fsp3) is 0.300. The smallest absolute Gasteiger partial charge is 0.338 e. The van der Waals surface area contributed by atoms with E-state index < -0.39 is 53.3 Å². The highest BCUT2D eigenvalue weighted by Gasteiger charge is 2.49. The van der Waals surface area contributed by atoms with Gasteiger partial charge in [-0.3, -0.25) is 4.18 Å². The lowest BCUT2D eigenvalue weighted by atomic mass is 10.1. The number of rotatable bonds is 7. The Hall–Kier alpha value is -2.79. The zero-order chi connectivity index (χ0) is 21.7. The SMILES string of the molecule is CS(=O)(=O)O[C@@H]1[C@H](OC(=O)c2ccccc2)[C@H](COC(=O)c2ccccc2)O[C@@H]1O. The minimum atomic E-state index is -4.01. The molecular weight excluding hydrogens is 416 g/mol. The van der Waals surface area contributed by atoms with Gasteiger partial charge in [0, 0.05) is 0 Å². The van der Waals surface area contributed by atoms with Crippen molar-refractivity contribution in [2.24, 2.45) is 0 Å². The van der Waals surface area contributed by atoms with Crippen molar-refractivity contribution < 1.29 is 41.5 Å². The Morgan fingerprint density at radius 1 is 0.933 bits per heavy atom. The molecule has 0 radical (unpaired) electrons. The Labute approximate surface area is 173 Å². The Balaban J connectivity index is 1.75. The fourth-order valence-corrected chi connectivity index (χ4v) is 3.48. The lowest BCUT2D eigenvalue weighted by Gasteiger charge is -2.22. The molecule has 1 heterocycles. The second-order valence-electron chi connectivity index (χ2n) is 6.53. The largest absolute Gasteiger partial charge is 0.459 e. The molecule has 0 bridgehead atoms. The minimum absolute atomic E-state index is 0.206. The summed E-state index contributed by atoms with van der Waals surface area (Å²) >= 11 is 0. The zero-order valence-electron chi connectivity index (χ0n) is 15.9. The van der Waals surface area contributed by atoms with Crippen LogP contribution in [0.1, 0.15) is 20.7 Å². The van der Waals surface area contributed by atoms with Crippen LogP contribution in [0, 0.1) is 0 Å². The van der Waals surface area contributed by atoms with Crippen LogP contribution < -0.4 is 0 Å². The molecule has 1 N–H and O–H groups in total. The first-order chi connectivity index (χ1) is 14.2. The molecule has 2 aromatic rings. The summed E-state index contributed by atoms with van der Waals surface area (Å²) in [5.41, 5.74) is 0.495. The number of hydrogen-bond donors (Lipinski definition) is 1. The molecule has 0 amide bonds. The van der Waals surface area contributed by atoms with E-state index in [-0.39, 0.29) is 11.1 Å². The van der Waals surface area contributed by atoms with E-state index in [1.807, 2.05) is 0 Å². The van der Waals surface area contributed by atoms with E-state index in [9.17, 15) is 23.1 Å². The highest BCUT2D eigenvalue weighted by Crippen LogP contribution is 2.28. The van der Waals surface area contributed by atoms with Gasteiger partial charge in [-0.05, 0) is 24.3 Å². The molecule has 1 aliphatic rings. The Bertz CT molecular complexity index is 976. The van der Waals surface area contributed by atoms with Crippen LogP contribution in [0.5, 0.6) is 0 Å². The van der Waals surface area contributed by atoms with Crippen molar-refractivity contribution in [1.29, 1.82) is 0 Å². The van der Waals surface area contributed by atoms with Crippen LogP contribution in [-0.2, 0) is 28.5 Å². The van der Waals surface area contributed by atoms with Crippen LogP contribution in [-0.4, -0.2) is 62.9 Å². The van der Waals surface area contributed by atoms with Gasteiger partial charge in [-0.25, -0.2) is 9.59 Å². The van der Waals surface area contributed by atoms with E-state index in [1.54, 1.807) is 48.5 Å². The number of carbonyl (C=O) groups excluding carboxylic acids is 2. The maximum Gasteiger partial charge on any atom is 0.338 e. The van der Waals surface area contributed by atoms with Gasteiger partial charge in [0.2, 0.25) is 0 Å². The zero-order valence-corrected chi connectivity index (χ0v) is 16.7. The Morgan fingerprint density at radius 2 is 1.47 bits per heavy atom. The molecule has 3 rings (SSSR count). The van der Waals surface area contributed by atoms with Gasteiger partial charge >= 0.3 is 11.9 Å². The second-order valence-corrected chi connectivity index (χ2v) is 8.13. The highest BCUT2D eigenvalue weighted by molar-refractivity contribution is 7.86. The van der Waals surface area contributed by atoms with Gasteiger partial charge in [0.15, 0.2) is 18.5 Å². The summed E-state index contributed by atoms with van der Waals surface area (Å²) < 4.78 is 43.8. The number of carbonyl (C=O) groups is 2. The summed E-state index contributed by atoms with van der Waals surface area (Å²) in [6.45, 7) is -0.402. The molecular formula is C20H20O9S. The third-order valence-corrected chi connectivity index (χ3v) is 4.78. The quantitative estimate of drug-likeness (QED) is 0.502. The van der Waals surface area contributed by atoms with Crippen LogP contribution in [0.15, 0.2) is 60.7 Å². The molecule has 1 fully saturated rings. The molecule has 160 valence electrons. The maximum absolute atomic E-state index is 12.5. The summed E-state index contributed by atoms with van der Waals surface area (Å²) in [5.74, 6) is -1.44. The average Bonchev–Trinajstić information content (AvgIpc) is 3.00. The molecule has 9 nitrogen and oxygen atoms in total. The van der Waals surface area contributed by atoms with E-state index in [4.69, 9.17) is 18.4 Å². The summed E-state index contributed by atoms with van der Waals surface area (Å²) in [5, 5.41) is 10.1. The number of hydrogen-bond acceptors (Lipinski definition) is 9. The summed E-state index contributed by atoms with van der Waals surface area (Å²) in [6, 6.07) is 16.1. The van der Waals surface area contributed by atoms with E-state index in [2.05, 4.69) is 0 Å². The molecule has 2 aromatic carbocycles. The number of esters is 2. The molecule has 0 aliphatic carbocycles. The standard InChI is InChI=1S/C20H20O9S/c1-30(24,25)29-17-16(28-19(22)14-10-6-3-7-11-14)15(27-20(17)23)12-26-18(21)13-8-4-2-5-9-13/h2-11,15-17,20,23H,12H2,1H3/t15-,16+,17+,20-/m0/s1. The summed E-state index contributed by atoms with van der Waals surface area (Å²) in [7, 11) is -4.01. The van der Waals surface area contributed by atoms with Gasteiger partial charge in [-0.2, -0.15) is 8.42 Å². The highest BCUT2D eigenvalue weighted by atomic mass is 32.2. The first kappa shape index (κ1) is 21.9. The van der Waals surface area contributed by atoms with Crippen molar-refractivity contribution in [2.75, 3.05) is 12.9 Å². The molecule has 1 saturated heterocycles.